The Labute approximate surface area is 111 Å². The number of amides is 1. The number of halogens is 1. The number of rotatable bonds is 4. The lowest BCUT2D eigenvalue weighted by Crippen LogP contribution is -2.24. The van der Waals surface area contributed by atoms with Crippen molar-refractivity contribution >= 4 is 5.91 Å². The lowest BCUT2D eigenvalue weighted by molar-refractivity contribution is 0.0233. The predicted octanol–water partition coefficient (Wildman–Crippen LogP) is 3.00. The van der Waals surface area contributed by atoms with Crippen LogP contribution < -0.4 is 5.48 Å². The standard InChI is InChI=1S/C15H14FNO2/c1-11-9-13(16)7-8-14(11)15(18)17-19-10-12-5-3-2-4-6-12/h2-9H,10H2,1H3,(H,17,18). The highest BCUT2D eigenvalue weighted by Gasteiger charge is 2.09. The van der Waals surface area contributed by atoms with Crippen molar-refractivity contribution in [2.45, 2.75) is 13.5 Å². The molecule has 19 heavy (non-hydrogen) atoms. The van der Waals surface area contributed by atoms with Gasteiger partial charge in [0.05, 0.1) is 6.61 Å². The van der Waals surface area contributed by atoms with Crippen LogP contribution in [0.1, 0.15) is 21.5 Å². The summed E-state index contributed by atoms with van der Waals surface area (Å²) in [6.45, 7) is 1.96. The van der Waals surface area contributed by atoms with Crippen LogP contribution >= 0.6 is 0 Å². The molecule has 1 amide bonds. The number of benzene rings is 2. The molecule has 4 heteroatoms. The molecule has 2 aromatic rings. The molecule has 0 aliphatic carbocycles. The summed E-state index contributed by atoms with van der Waals surface area (Å²) in [6, 6.07) is 13.5. The van der Waals surface area contributed by atoms with Gasteiger partial charge in [-0.15, -0.1) is 0 Å². The van der Waals surface area contributed by atoms with Gasteiger partial charge in [0, 0.05) is 5.56 Å². The van der Waals surface area contributed by atoms with Gasteiger partial charge < -0.3 is 0 Å². The number of carbonyl (C=O) groups is 1. The van der Waals surface area contributed by atoms with Crippen molar-refractivity contribution in [3.63, 3.8) is 0 Å². The van der Waals surface area contributed by atoms with E-state index in [0.717, 1.165) is 5.56 Å². The van der Waals surface area contributed by atoms with E-state index in [0.29, 0.717) is 11.1 Å². The predicted molar refractivity (Wildman–Crippen MR) is 69.8 cm³/mol. The van der Waals surface area contributed by atoms with Gasteiger partial charge in [-0.05, 0) is 36.2 Å². The number of nitrogens with one attached hydrogen (secondary N) is 1. The van der Waals surface area contributed by atoms with Crippen LogP contribution in [0.4, 0.5) is 4.39 Å². The Hall–Kier alpha value is -2.20. The van der Waals surface area contributed by atoms with Gasteiger partial charge in [-0.1, -0.05) is 30.3 Å². The van der Waals surface area contributed by atoms with Crippen LogP contribution in [-0.2, 0) is 11.4 Å². The maximum Gasteiger partial charge on any atom is 0.275 e. The molecule has 1 N–H and O–H groups in total. The van der Waals surface area contributed by atoms with E-state index in [1.165, 1.54) is 18.2 Å². The third-order valence-corrected chi connectivity index (χ3v) is 2.68. The summed E-state index contributed by atoms with van der Waals surface area (Å²) in [6.07, 6.45) is 0. The van der Waals surface area contributed by atoms with E-state index in [1.807, 2.05) is 30.3 Å². The summed E-state index contributed by atoms with van der Waals surface area (Å²) >= 11 is 0. The monoisotopic (exact) mass is 259 g/mol. The van der Waals surface area contributed by atoms with Crippen LogP contribution in [0.5, 0.6) is 0 Å². The van der Waals surface area contributed by atoms with Crippen LogP contribution in [0, 0.1) is 12.7 Å². The molecule has 0 atom stereocenters. The maximum absolute atomic E-state index is 12.9. The van der Waals surface area contributed by atoms with Crippen LogP contribution in [0.25, 0.3) is 0 Å². The van der Waals surface area contributed by atoms with E-state index < -0.39 is 0 Å². The molecule has 98 valence electrons. The summed E-state index contributed by atoms with van der Waals surface area (Å²) in [7, 11) is 0. The van der Waals surface area contributed by atoms with Crippen LogP contribution in [0.2, 0.25) is 0 Å². The minimum Gasteiger partial charge on any atom is -0.269 e. The molecule has 0 spiro atoms. The average Bonchev–Trinajstić information content (AvgIpc) is 2.39. The second kappa shape index (κ2) is 6.11. The highest BCUT2D eigenvalue weighted by molar-refractivity contribution is 5.94. The lowest BCUT2D eigenvalue weighted by Gasteiger charge is -2.08. The molecule has 0 saturated carbocycles. The normalized spacial score (nSPS) is 10.2. The summed E-state index contributed by atoms with van der Waals surface area (Å²) in [5.41, 5.74) is 4.27. The Morgan fingerprint density at radius 1 is 1.21 bits per heavy atom. The highest BCUT2D eigenvalue weighted by atomic mass is 19.1. The summed E-state index contributed by atoms with van der Waals surface area (Å²) in [4.78, 5) is 16.9. The van der Waals surface area contributed by atoms with E-state index in [9.17, 15) is 9.18 Å². The Bertz CT molecular complexity index is 570. The Kier molecular flexibility index (Phi) is 4.26. The first-order valence-electron chi connectivity index (χ1n) is 5.89. The maximum atomic E-state index is 12.9. The van der Waals surface area contributed by atoms with E-state index in [2.05, 4.69) is 5.48 Å². The Balaban J connectivity index is 1.91. The molecule has 0 aliphatic heterocycles. The largest absolute Gasteiger partial charge is 0.275 e. The second-order valence-corrected chi connectivity index (χ2v) is 4.16. The number of hydrogen-bond acceptors (Lipinski definition) is 2. The van der Waals surface area contributed by atoms with Gasteiger partial charge in [0.2, 0.25) is 0 Å². The lowest BCUT2D eigenvalue weighted by atomic mass is 10.1. The first-order valence-corrected chi connectivity index (χ1v) is 5.89. The SMILES string of the molecule is Cc1cc(F)ccc1C(=O)NOCc1ccccc1. The van der Waals surface area contributed by atoms with Crippen molar-refractivity contribution in [2.75, 3.05) is 0 Å². The molecule has 0 aliphatic rings. The first-order chi connectivity index (χ1) is 9.16. The second-order valence-electron chi connectivity index (χ2n) is 4.16. The molecule has 0 bridgehead atoms. The average molecular weight is 259 g/mol. The first kappa shape index (κ1) is 13.2. The third-order valence-electron chi connectivity index (χ3n) is 2.68. The van der Waals surface area contributed by atoms with Crippen molar-refractivity contribution in [1.82, 2.24) is 5.48 Å². The van der Waals surface area contributed by atoms with E-state index in [4.69, 9.17) is 4.84 Å². The molecule has 0 unspecified atom stereocenters. The van der Waals surface area contributed by atoms with Gasteiger partial charge in [0.15, 0.2) is 0 Å². The van der Waals surface area contributed by atoms with Gasteiger partial charge in [0.25, 0.3) is 5.91 Å². The number of carbonyl (C=O) groups excluding carboxylic acids is 1. The fourth-order valence-corrected chi connectivity index (χ4v) is 1.70. The van der Waals surface area contributed by atoms with Crippen molar-refractivity contribution in [3.8, 4) is 0 Å². The molecule has 2 aromatic carbocycles. The van der Waals surface area contributed by atoms with Crippen LogP contribution in [0.15, 0.2) is 48.5 Å². The third kappa shape index (κ3) is 3.63. The van der Waals surface area contributed by atoms with E-state index in [-0.39, 0.29) is 18.3 Å². The summed E-state index contributed by atoms with van der Waals surface area (Å²) < 4.78 is 12.9. The quantitative estimate of drug-likeness (QED) is 0.857. The number of aryl methyl sites for hydroxylation is 1. The van der Waals surface area contributed by atoms with Crippen molar-refractivity contribution in [2.24, 2.45) is 0 Å². The highest BCUT2D eigenvalue weighted by Crippen LogP contribution is 2.10. The molecule has 0 saturated heterocycles. The van der Waals surface area contributed by atoms with Crippen molar-refractivity contribution < 1.29 is 14.0 Å². The minimum absolute atomic E-state index is 0.285. The van der Waals surface area contributed by atoms with Crippen molar-refractivity contribution in [1.29, 1.82) is 0 Å². The van der Waals surface area contributed by atoms with E-state index >= 15 is 0 Å². The smallest absolute Gasteiger partial charge is 0.269 e. The molecular weight excluding hydrogens is 245 g/mol. The zero-order valence-corrected chi connectivity index (χ0v) is 10.5. The van der Waals surface area contributed by atoms with Gasteiger partial charge in [-0.2, -0.15) is 0 Å². The van der Waals surface area contributed by atoms with Gasteiger partial charge in [-0.3, -0.25) is 9.63 Å². The zero-order chi connectivity index (χ0) is 13.7. The zero-order valence-electron chi connectivity index (χ0n) is 10.5. The fourth-order valence-electron chi connectivity index (χ4n) is 1.70. The van der Waals surface area contributed by atoms with Crippen molar-refractivity contribution in [3.05, 3.63) is 71.0 Å². The molecular formula is C15H14FNO2. The molecule has 3 nitrogen and oxygen atoms in total. The Morgan fingerprint density at radius 2 is 1.95 bits per heavy atom. The van der Waals surface area contributed by atoms with E-state index in [1.54, 1.807) is 6.92 Å². The summed E-state index contributed by atoms with van der Waals surface area (Å²) in [5, 5.41) is 0. The molecule has 2 rings (SSSR count). The van der Waals surface area contributed by atoms with Gasteiger partial charge in [0.1, 0.15) is 5.82 Å². The molecule has 0 heterocycles. The van der Waals surface area contributed by atoms with Crippen LogP contribution in [-0.4, -0.2) is 5.91 Å². The number of hydrogen-bond donors (Lipinski definition) is 1. The van der Waals surface area contributed by atoms with Crippen LogP contribution in [0.3, 0.4) is 0 Å². The minimum atomic E-state index is -0.381. The Morgan fingerprint density at radius 3 is 2.63 bits per heavy atom. The topological polar surface area (TPSA) is 38.3 Å². The molecule has 0 aromatic heterocycles. The van der Waals surface area contributed by atoms with Gasteiger partial charge >= 0.3 is 0 Å². The molecule has 0 radical (unpaired) electrons. The molecule has 0 fully saturated rings. The number of hydroxylamine groups is 1. The fraction of sp³-hybridized carbons (Fsp3) is 0.133. The summed E-state index contributed by atoms with van der Waals surface area (Å²) in [5.74, 6) is -0.743. The van der Waals surface area contributed by atoms with Gasteiger partial charge in [-0.25, -0.2) is 9.87 Å².